The van der Waals surface area contributed by atoms with Crippen molar-refractivity contribution in [2.75, 3.05) is 7.11 Å². The van der Waals surface area contributed by atoms with Crippen LogP contribution in [0.4, 0.5) is 0 Å². The number of nitrogens with zero attached hydrogens (tertiary/aromatic N) is 3. The van der Waals surface area contributed by atoms with Gasteiger partial charge in [0.1, 0.15) is 5.75 Å². The van der Waals surface area contributed by atoms with Crippen molar-refractivity contribution in [3.05, 3.63) is 53.0 Å². The predicted octanol–water partition coefficient (Wildman–Crippen LogP) is 3.41. The zero-order valence-corrected chi connectivity index (χ0v) is 16.3. The fourth-order valence-electron chi connectivity index (χ4n) is 3.45. The van der Waals surface area contributed by atoms with E-state index in [2.05, 4.69) is 27.5 Å². The number of H-pyrrole nitrogens is 1. The fraction of sp³-hybridized carbons (Fsp3) is 0.350. The number of hydrogen-bond donors (Lipinski definition) is 2. The summed E-state index contributed by atoms with van der Waals surface area (Å²) < 4.78 is 7.22. The number of amides is 1. The van der Waals surface area contributed by atoms with E-state index >= 15 is 0 Å². The summed E-state index contributed by atoms with van der Waals surface area (Å²) in [5.74, 6) is 0.539. The molecule has 27 heavy (non-hydrogen) atoms. The summed E-state index contributed by atoms with van der Waals surface area (Å²) in [6.07, 6.45) is 1.55. The zero-order chi connectivity index (χ0) is 19.6. The second-order valence-electron chi connectivity index (χ2n) is 6.49. The number of carbonyl (C=O) groups excluding carboxylic acids is 1. The maximum atomic E-state index is 12.9. The number of ether oxygens (including phenoxy) is 1. The molecule has 0 fully saturated rings. The molecule has 1 aromatic carbocycles. The van der Waals surface area contributed by atoms with E-state index in [-0.39, 0.29) is 11.9 Å². The number of aryl methyl sites for hydroxylation is 2. The van der Waals surface area contributed by atoms with Gasteiger partial charge in [-0.15, -0.1) is 0 Å². The Balaban J connectivity index is 1.86. The molecular formula is C20H25N5O2. The van der Waals surface area contributed by atoms with Crippen molar-refractivity contribution in [2.24, 2.45) is 0 Å². The van der Waals surface area contributed by atoms with Crippen molar-refractivity contribution >= 4 is 5.91 Å². The molecule has 0 aliphatic rings. The van der Waals surface area contributed by atoms with Crippen molar-refractivity contribution in [2.45, 2.75) is 40.3 Å². The largest absolute Gasteiger partial charge is 0.497 e. The van der Waals surface area contributed by atoms with Gasteiger partial charge < -0.3 is 10.1 Å². The Morgan fingerprint density at radius 1 is 1.37 bits per heavy atom. The van der Waals surface area contributed by atoms with Crippen LogP contribution in [-0.2, 0) is 6.54 Å². The second-order valence-corrected chi connectivity index (χ2v) is 6.49. The van der Waals surface area contributed by atoms with Crippen LogP contribution >= 0.6 is 0 Å². The first-order chi connectivity index (χ1) is 13.0. The molecule has 2 N–H and O–H groups in total. The fourth-order valence-corrected chi connectivity index (χ4v) is 3.45. The first-order valence-electron chi connectivity index (χ1n) is 8.98. The van der Waals surface area contributed by atoms with E-state index in [1.54, 1.807) is 13.3 Å². The van der Waals surface area contributed by atoms with Gasteiger partial charge in [-0.1, -0.05) is 12.1 Å². The van der Waals surface area contributed by atoms with Crippen LogP contribution in [-0.4, -0.2) is 33.0 Å². The highest BCUT2D eigenvalue weighted by molar-refractivity contribution is 6.00. The van der Waals surface area contributed by atoms with E-state index in [0.717, 1.165) is 34.8 Å². The first-order valence-corrected chi connectivity index (χ1v) is 8.98. The van der Waals surface area contributed by atoms with Gasteiger partial charge in [0.2, 0.25) is 0 Å². The lowest BCUT2D eigenvalue weighted by Crippen LogP contribution is -2.27. The summed E-state index contributed by atoms with van der Waals surface area (Å²) in [6.45, 7) is 8.82. The van der Waals surface area contributed by atoms with Crippen molar-refractivity contribution in [1.29, 1.82) is 0 Å². The topological polar surface area (TPSA) is 84.8 Å². The van der Waals surface area contributed by atoms with Gasteiger partial charge in [0.05, 0.1) is 36.3 Å². The zero-order valence-electron chi connectivity index (χ0n) is 16.3. The van der Waals surface area contributed by atoms with Gasteiger partial charge in [0, 0.05) is 23.4 Å². The maximum Gasteiger partial charge on any atom is 0.255 e. The third-order valence-corrected chi connectivity index (χ3v) is 4.76. The van der Waals surface area contributed by atoms with E-state index in [9.17, 15) is 4.79 Å². The van der Waals surface area contributed by atoms with Crippen LogP contribution in [0.25, 0.3) is 11.3 Å². The number of rotatable bonds is 6. The van der Waals surface area contributed by atoms with E-state index < -0.39 is 0 Å². The summed E-state index contributed by atoms with van der Waals surface area (Å²) in [5.41, 5.74) is 5.06. The highest BCUT2D eigenvalue weighted by atomic mass is 16.5. The molecule has 0 aliphatic heterocycles. The first kappa shape index (κ1) is 18.7. The Morgan fingerprint density at radius 3 is 2.81 bits per heavy atom. The number of aromatic amines is 1. The Morgan fingerprint density at radius 2 is 2.15 bits per heavy atom. The molecule has 7 nitrogen and oxygen atoms in total. The average molecular weight is 367 g/mol. The van der Waals surface area contributed by atoms with Crippen molar-refractivity contribution in [3.63, 3.8) is 0 Å². The highest BCUT2D eigenvalue weighted by Crippen LogP contribution is 2.26. The Bertz CT molecular complexity index is 957. The standard InChI is InChI=1S/C20H25N5O2/c1-6-25-14(4)18(13(3)24-25)12(2)22-20(26)17-11-21-23-19(17)15-8-7-9-16(10-15)27-5/h7-12H,6H2,1-5H3,(H,21,23)(H,22,26)/t12-/m1/s1. The van der Waals surface area contributed by atoms with E-state index in [0.29, 0.717) is 11.3 Å². The summed E-state index contributed by atoms with van der Waals surface area (Å²) in [5, 5.41) is 14.6. The van der Waals surface area contributed by atoms with Crippen LogP contribution in [0.3, 0.4) is 0 Å². The molecule has 0 radical (unpaired) electrons. The minimum absolute atomic E-state index is 0.161. The molecule has 1 atom stereocenters. The van der Waals surface area contributed by atoms with Crippen LogP contribution < -0.4 is 10.1 Å². The quantitative estimate of drug-likeness (QED) is 0.699. The second kappa shape index (κ2) is 7.65. The van der Waals surface area contributed by atoms with Crippen LogP contribution in [0, 0.1) is 13.8 Å². The van der Waals surface area contributed by atoms with Crippen molar-refractivity contribution < 1.29 is 9.53 Å². The van der Waals surface area contributed by atoms with E-state index in [1.165, 1.54) is 0 Å². The minimum atomic E-state index is -0.183. The van der Waals surface area contributed by atoms with E-state index in [1.807, 2.05) is 49.7 Å². The average Bonchev–Trinajstić information content (AvgIpc) is 3.26. The van der Waals surface area contributed by atoms with Gasteiger partial charge in [-0.3, -0.25) is 14.6 Å². The molecule has 7 heteroatoms. The van der Waals surface area contributed by atoms with Crippen LogP contribution in [0.15, 0.2) is 30.5 Å². The van der Waals surface area contributed by atoms with Gasteiger partial charge in [0.15, 0.2) is 0 Å². The number of benzene rings is 1. The molecule has 0 aliphatic carbocycles. The molecule has 1 amide bonds. The number of aromatic nitrogens is 4. The van der Waals surface area contributed by atoms with Gasteiger partial charge >= 0.3 is 0 Å². The van der Waals surface area contributed by atoms with Crippen LogP contribution in [0.2, 0.25) is 0 Å². The third-order valence-electron chi connectivity index (χ3n) is 4.76. The maximum absolute atomic E-state index is 12.9. The third kappa shape index (κ3) is 3.58. The molecule has 2 heterocycles. The number of methoxy groups -OCH3 is 1. The van der Waals surface area contributed by atoms with Gasteiger partial charge in [-0.05, 0) is 39.8 Å². The molecule has 0 unspecified atom stereocenters. The molecule has 2 aromatic heterocycles. The lowest BCUT2D eigenvalue weighted by Gasteiger charge is -2.15. The molecule has 3 rings (SSSR count). The molecular weight excluding hydrogens is 342 g/mol. The summed E-state index contributed by atoms with van der Waals surface area (Å²) in [4.78, 5) is 12.9. The Kier molecular flexibility index (Phi) is 5.30. The molecule has 0 saturated carbocycles. The summed E-state index contributed by atoms with van der Waals surface area (Å²) >= 11 is 0. The number of carbonyl (C=O) groups is 1. The Labute approximate surface area is 158 Å². The predicted molar refractivity (Wildman–Crippen MR) is 104 cm³/mol. The highest BCUT2D eigenvalue weighted by Gasteiger charge is 2.22. The molecule has 3 aromatic rings. The molecule has 142 valence electrons. The molecule has 0 saturated heterocycles. The van der Waals surface area contributed by atoms with E-state index in [4.69, 9.17) is 4.74 Å². The smallest absolute Gasteiger partial charge is 0.255 e. The van der Waals surface area contributed by atoms with Gasteiger partial charge in [-0.2, -0.15) is 10.2 Å². The Hall–Kier alpha value is -3.09. The summed E-state index contributed by atoms with van der Waals surface area (Å²) in [7, 11) is 1.61. The lowest BCUT2D eigenvalue weighted by atomic mass is 10.0. The lowest BCUT2D eigenvalue weighted by molar-refractivity contribution is 0.0940. The molecule has 0 spiro atoms. The minimum Gasteiger partial charge on any atom is -0.497 e. The van der Waals surface area contributed by atoms with Crippen LogP contribution in [0.1, 0.15) is 47.2 Å². The van der Waals surface area contributed by atoms with Gasteiger partial charge in [0.25, 0.3) is 5.91 Å². The van der Waals surface area contributed by atoms with Crippen LogP contribution in [0.5, 0.6) is 5.75 Å². The van der Waals surface area contributed by atoms with Crippen molar-refractivity contribution in [1.82, 2.24) is 25.3 Å². The van der Waals surface area contributed by atoms with Gasteiger partial charge in [-0.25, -0.2) is 0 Å². The SMILES string of the molecule is CCn1nc(C)c([C@@H](C)NC(=O)c2cn[nH]c2-c2cccc(OC)c2)c1C. The van der Waals surface area contributed by atoms with Crippen molar-refractivity contribution in [3.8, 4) is 17.0 Å². The summed E-state index contributed by atoms with van der Waals surface area (Å²) in [6, 6.07) is 7.36. The number of nitrogens with one attached hydrogen (secondary N) is 2. The normalized spacial score (nSPS) is 12.0. The molecule has 0 bridgehead atoms. The number of hydrogen-bond acceptors (Lipinski definition) is 4. The monoisotopic (exact) mass is 367 g/mol.